The predicted octanol–water partition coefficient (Wildman–Crippen LogP) is -1.44. The van der Waals surface area contributed by atoms with E-state index in [2.05, 4.69) is 8.47 Å². The summed E-state index contributed by atoms with van der Waals surface area (Å²) in [7, 11) is -3.32. The van der Waals surface area contributed by atoms with Gasteiger partial charge in [-0.3, -0.25) is 8.98 Å². The topological polar surface area (TPSA) is 119 Å². The number of hydroxylamine groups is 2. The van der Waals surface area contributed by atoms with Crippen molar-refractivity contribution in [2.45, 2.75) is 24.9 Å². The molecule has 2 saturated heterocycles. The number of primary amides is 1. The van der Waals surface area contributed by atoms with Crippen LogP contribution in [0.15, 0.2) is 0 Å². The van der Waals surface area contributed by atoms with Crippen molar-refractivity contribution in [3.63, 3.8) is 0 Å². The molecule has 0 aromatic rings. The highest BCUT2D eigenvalue weighted by Gasteiger charge is 2.48. The molecule has 0 aromatic carbocycles. The van der Waals surface area contributed by atoms with Gasteiger partial charge in [-0.2, -0.15) is 13.5 Å². The van der Waals surface area contributed by atoms with E-state index in [0.29, 0.717) is 12.8 Å². The zero-order valence-electron chi connectivity index (χ0n) is 9.61. The maximum absolute atomic E-state index is 11.9. The SMILES string of the molecule is COS(=O)(=O)ON1C(=O)N2C[C@H]1CC[C@H]2C(N)=O. The molecule has 2 fully saturated rings. The molecule has 0 aromatic heterocycles. The van der Waals surface area contributed by atoms with Crippen LogP contribution in [-0.2, 0) is 23.7 Å². The maximum atomic E-state index is 11.9. The van der Waals surface area contributed by atoms with E-state index in [4.69, 9.17) is 5.73 Å². The first-order valence-electron chi connectivity index (χ1n) is 5.25. The first kappa shape index (κ1) is 13.1. The average molecular weight is 279 g/mol. The molecule has 18 heavy (non-hydrogen) atoms. The van der Waals surface area contributed by atoms with Gasteiger partial charge >= 0.3 is 16.4 Å². The summed E-state index contributed by atoms with van der Waals surface area (Å²) in [5, 5.41) is 0.724. The average Bonchev–Trinajstić information content (AvgIpc) is 2.54. The van der Waals surface area contributed by atoms with Crippen LogP contribution in [0.4, 0.5) is 4.79 Å². The van der Waals surface area contributed by atoms with Crippen molar-refractivity contribution in [3.05, 3.63) is 0 Å². The molecule has 2 bridgehead atoms. The molecule has 2 aliphatic heterocycles. The summed E-state index contributed by atoms with van der Waals surface area (Å²) in [6.45, 7) is 0.214. The van der Waals surface area contributed by atoms with Gasteiger partial charge in [0, 0.05) is 6.54 Å². The minimum atomic E-state index is -4.25. The molecule has 2 aliphatic rings. The Morgan fingerprint density at radius 2 is 2.11 bits per heavy atom. The number of carbonyl (C=O) groups excluding carboxylic acids is 2. The number of carbonyl (C=O) groups is 2. The number of hydrogen-bond acceptors (Lipinski definition) is 6. The molecule has 2 atom stereocenters. The van der Waals surface area contributed by atoms with Gasteiger partial charge in [-0.15, -0.1) is 4.28 Å². The molecular formula is C8H13N3O6S. The first-order chi connectivity index (χ1) is 8.35. The monoisotopic (exact) mass is 279 g/mol. The molecule has 3 amide bonds. The van der Waals surface area contributed by atoms with E-state index in [-0.39, 0.29) is 6.54 Å². The lowest BCUT2D eigenvalue weighted by molar-refractivity contribution is -0.122. The van der Waals surface area contributed by atoms with Gasteiger partial charge in [-0.25, -0.2) is 4.79 Å². The number of nitrogens with zero attached hydrogens (tertiary/aromatic N) is 2. The van der Waals surface area contributed by atoms with E-state index in [1.165, 1.54) is 4.90 Å². The maximum Gasteiger partial charge on any atom is 0.420 e. The molecule has 102 valence electrons. The van der Waals surface area contributed by atoms with E-state index in [1.807, 2.05) is 0 Å². The lowest BCUT2D eigenvalue weighted by atomic mass is 10.0. The van der Waals surface area contributed by atoms with E-state index < -0.39 is 34.4 Å². The summed E-state index contributed by atoms with van der Waals surface area (Å²) in [6, 6.07) is -1.83. The van der Waals surface area contributed by atoms with Gasteiger partial charge in [0.25, 0.3) is 0 Å². The molecular weight excluding hydrogens is 266 g/mol. The second-order valence-corrected chi connectivity index (χ2v) is 5.36. The molecule has 0 radical (unpaired) electrons. The van der Waals surface area contributed by atoms with Crippen molar-refractivity contribution in [2.24, 2.45) is 5.73 Å². The summed E-state index contributed by atoms with van der Waals surface area (Å²) in [4.78, 5) is 24.3. The van der Waals surface area contributed by atoms with Crippen molar-refractivity contribution < 1.29 is 26.5 Å². The van der Waals surface area contributed by atoms with Crippen molar-refractivity contribution in [1.82, 2.24) is 9.96 Å². The number of fused-ring (bicyclic) bond motifs is 2. The Balaban J connectivity index is 2.18. The summed E-state index contributed by atoms with van der Waals surface area (Å²) in [5.41, 5.74) is 5.18. The van der Waals surface area contributed by atoms with Gasteiger partial charge in [0.05, 0.1) is 13.2 Å². The number of urea groups is 1. The molecule has 2 N–H and O–H groups in total. The molecule has 10 heteroatoms. The minimum Gasteiger partial charge on any atom is -0.368 e. The fourth-order valence-corrected chi connectivity index (χ4v) is 2.60. The van der Waals surface area contributed by atoms with Crippen LogP contribution in [0.1, 0.15) is 12.8 Å². The quantitative estimate of drug-likeness (QED) is 0.673. The highest BCUT2D eigenvalue weighted by atomic mass is 32.3. The number of rotatable bonds is 4. The van der Waals surface area contributed by atoms with Crippen LogP contribution < -0.4 is 5.73 Å². The van der Waals surface area contributed by atoms with Gasteiger partial charge in [-0.05, 0) is 12.8 Å². The van der Waals surface area contributed by atoms with Crippen LogP contribution in [0.2, 0.25) is 0 Å². The van der Waals surface area contributed by atoms with Crippen molar-refractivity contribution >= 4 is 22.3 Å². The third-order valence-corrected chi connectivity index (χ3v) is 3.78. The second-order valence-electron chi connectivity index (χ2n) is 4.06. The highest BCUT2D eigenvalue weighted by Crippen LogP contribution is 2.30. The van der Waals surface area contributed by atoms with E-state index >= 15 is 0 Å². The smallest absolute Gasteiger partial charge is 0.368 e. The third-order valence-electron chi connectivity index (χ3n) is 3.03. The molecule has 2 heterocycles. The van der Waals surface area contributed by atoms with Gasteiger partial charge in [0.2, 0.25) is 5.91 Å². The summed E-state index contributed by atoms with van der Waals surface area (Å²) >= 11 is 0. The van der Waals surface area contributed by atoms with Gasteiger partial charge in [0.15, 0.2) is 0 Å². The van der Waals surface area contributed by atoms with Gasteiger partial charge < -0.3 is 10.6 Å². The first-order valence-corrected chi connectivity index (χ1v) is 6.58. The summed E-state index contributed by atoms with van der Waals surface area (Å²) in [6.07, 6.45) is 0.827. The third kappa shape index (κ3) is 2.13. The molecule has 2 rings (SSSR count). The van der Waals surface area contributed by atoms with Crippen LogP contribution in [-0.4, -0.2) is 56.1 Å². The summed E-state index contributed by atoms with van der Waals surface area (Å²) in [5.74, 6) is -0.613. The van der Waals surface area contributed by atoms with Crippen LogP contribution >= 0.6 is 0 Å². The lowest BCUT2D eigenvalue weighted by Crippen LogP contribution is -2.47. The van der Waals surface area contributed by atoms with E-state index in [9.17, 15) is 18.0 Å². The van der Waals surface area contributed by atoms with Crippen LogP contribution in [0, 0.1) is 0 Å². The Morgan fingerprint density at radius 1 is 1.44 bits per heavy atom. The van der Waals surface area contributed by atoms with Crippen molar-refractivity contribution in [2.75, 3.05) is 13.7 Å². The lowest BCUT2D eigenvalue weighted by Gasteiger charge is -2.27. The second kappa shape index (κ2) is 4.37. The fourth-order valence-electron chi connectivity index (χ4n) is 2.15. The number of piperidine rings is 1. The van der Waals surface area contributed by atoms with Crippen LogP contribution in [0.25, 0.3) is 0 Å². The van der Waals surface area contributed by atoms with Crippen LogP contribution in [0.3, 0.4) is 0 Å². The van der Waals surface area contributed by atoms with E-state index in [1.54, 1.807) is 0 Å². The molecule has 0 aliphatic carbocycles. The normalized spacial score (nSPS) is 27.7. The van der Waals surface area contributed by atoms with Crippen molar-refractivity contribution in [1.29, 1.82) is 0 Å². The van der Waals surface area contributed by atoms with Crippen molar-refractivity contribution in [3.8, 4) is 0 Å². The Bertz CT molecular complexity index is 477. The zero-order valence-corrected chi connectivity index (χ0v) is 10.4. The Morgan fingerprint density at radius 3 is 2.67 bits per heavy atom. The number of nitrogens with two attached hydrogens (primary N) is 1. The standard InChI is InChI=1S/C8H13N3O6S/c1-16-18(14,15)17-11-5-2-3-6(7(9)12)10(4-5)8(11)13/h5-6H,2-4H2,1H3,(H2,9,12)/t5-,6+/m1/s1. The molecule has 0 unspecified atom stereocenters. The summed E-state index contributed by atoms with van der Waals surface area (Å²) < 4.78 is 31.0. The Hall–Kier alpha value is -1.39. The predicted molar refractivity (Wildman–Crippen MR) is 57.0 cm³/mol. The Kier molecular flexibility index (Phi) is 3.17. The zero-order chi connectivity index (χ0) is 13.5. The number of hydrogen-bond donors (Lipinski definition) is 1. The largest absolute Gasteiger partial charge is 0.420 e. The van der Waals surface area contributed by atoms with Crippen LogP contribution in [0.5, 0.6) is 0 Å². The Labute approximate surface area is 104 Å². The van der Waals surface area contributed by atoms with Gasteiger partial charge in [-0.1, -0.05) is 0 Å². The van der Waals surface area contributed by atoms with E-state index in [0.717, 1.165) is 12.2 Å². The highest BCUT2D eigenvalue weighted by molar-refractivity contribution is 7.81. The number of amides is 3. The van der Waals surface area contributed by atoms with Gasteiger partial charge in [0.1, 0.15) is 6.04 Å². The fraction of sp³-hybridized carbons (Fsp3) is 0.750. The molecule has 0 spiro atoms. The minimum absolute atomic E-state index is 0.214. The molecule has 9 nitrogen and oxygen atoms in total. The molecule has 0 saturated carbocycles.